The number of nitrogens with zero attached hydrogens (tertiary/aromatic N) is 1. The van der Waals surface area contributed by atoms with E-state index < -0.39 is 11.5 Å². The number of pyridine rings is 1. The third-order valence-corrected chi connectivity index (χ3v) is 4.22. The van der Waals surface area contributed by atoms with Gasteiger partial charge in [0.05, 0.1) is 12.1 Å². The number of benzene rings is 2. The van der Waals surface area contributed by atoms with Crippen LogP contribution in [0.2, 0.25) is 5.02 Å². The number of nitrogens with one attached hydrogen (secondary N) is 1. The fraction of sp³-hybridized carbons (Fsp3) is 0.105. The van der Waals surface area contributed by atoms with Gasteiger partial charge in [-0.2, -0.15) is 0 Å². The maximum absolute atomic E-state index is 12.1. The van der Waals surface area contributed by atoms with Gasteiger partial charge >= 0.3 is 5.97 Å². The van der Waals surface area contributed by atoms with Gasteiger partial charge in [-0.15, -0.1) is 0 Å². The van der Waals surface area contributed by atoms with Gasteiger partial charge in [-0.05, 0) is 35.9 Å². The van der Waals surface area contributed by atoms with Crippen molar-refractivity contribution in [3.8, 4) is 0 Å². The van der Waals surface area contributed by atoms with Crippen molar-refractivity contribution in [2.75, 3.05) is 4.90 Å². The molecule has 3 aromatic rings. The molecule has 0 spiro atoms. The molecular weight excluding hydrogens is 356 g/mol. The molecule has 1 aromatic heterocycles. The summed E-state index contributed by atoms with van der Waals surface area (Å²) in [6.07, 6.45) is 0. The molecule has 0 fully saturated rings. The van der Waals surface area contributed by atoms with E-state index >= 15 is 0 Å². The second-order valence-electron chi connectivity index (χ2n) is 5.79. The molecule has 0 unspecified atom stereocenters. The van der Waals surface area contributed by atoms with Gasteiger partial charge in [0.2, 0.25) is 5.91 Å². The van der Waals surface area contributed by atoms with Crippen LogP contribution < -0.4 is 10.5 Å². The fourth-order valence-electron chi connectivity index (χ4n) is 2.80. The minimum Gasteiger partial charge on any atom is -0.477 e. The maximum atomic E-state index is 12.1. The Balaban J connectivity index is 2.15. The molecule has 0 bridgehead atoms. The summed E-state index contributed by atoms with van der Waals surface area (Å²) in [5, 5.41) is 9.99. The number of H-pyrrole nitrogens is 1. The summed E-state index contributed by atoms with van der Waals surface area (Å²) < 4.78 is 0. The molecule has 0 atom stereocenters. The van der Waals surface area contributed by atoms with E-state index in [4.69, 9.17) is 16.7 Å². The van der Waals surface area contributed by atoms with E-state index in [0.29, 0.717) is 27.2 Å². The molecule has 1 heterocycles. The Labute approximate surface area is 153 Å². The van der Waals surface area contributed by atoms with E-state index in [-0.39, 0.29) is 18.0 Å². The molecule has 0 saturated carbocycles. The van der Waals surface area contributed by atoms with Crippen LogP contribution >= 0.6 is 11.6 Å². The topological polar surface area (TPSA) is 90.5 Å². The molecule has 7 heteroatoms. The second-order valence-corrected chi connectivity index (χ2v) is 6.22. The molecule has 26 heavy (non-hydrogen) atoms. The van der Waals surface area contributed by atoms with Gasteiger partial charge in [-0.25, -0.2) is 4.79 Å². The number of carbonyl (C=O) groups excluding carboxylic acids is 1. The number of carbonyl (C=O) groups is 2. The average Bonchev–Trinajstić information content (AvgIpc) is 2.59. The highest BCUT2D eigenvalue weighted by Crippen LogP contribution is 2.25. The van der Waals surface area contributed by atoms with E-state index in [1.54, 1.807) is 29.2 Å². The monoisotopic (exact) mass is 370 g/mol. The molecule has 2 N–H and O–H groups in total. The minimum atomic E-state index is -1.32. The SMILES string of the molecule is CC(=O)N(Cc1cc(Cl)cc2cc(C(=O)O)c(=O)[nH]c12)c1ccccc1. The highest BCUT2D eigenvalue weighted by Gasteiger charge is 2.17. The van der Waals surface area contributed by atoms with Crippen LogP contribution in [0.5, 0.6) is 0 Å². The number of amides is 1. The number of anilines is 1. The van der Waals surface area contributed by atoms with Crippen LogP contribution in [-0.2, 0) is 11.3 Å². The number of hydrogen-bond donors (Lipinski definition) is 2. The zero-order valence-electron chi connectivity index (χ0n) is 13.8. The first-order chi connectivity index (χ1) is 12.4. The number of aromatic amines is 1. The lowest BCUT2D eigenvalue weighted by molar-refractivity contribution is -0.116. The smallest absolute Gasteiger partial charge is 0.341 e. The van der Waals surface area contributed by atoms with Gasteiger partial charge in [-0.1, -0.05) is 29.8 Å². The fourth-order valence-corrected chi connectivity index (χ4v) is 3.05. The van der Waals surface area contributed by atoms with Crippen molar-refractivity contribution < 1.29 is 14.7 Å². The summed E-state index contributed by atoms with van der Waals surface area (Å²) in [7, 11) is 0. The lowest BCUT2D eigenvalue weighted by atomic mass is 10.1. The van der Waals surface area contributed by atoms with Crippen molar-refractivity contribution in [1.82, 2.24) is 4.98 Å². The summed E-state index contributed by atoms with van der Waals surface area (Å²) in [4.78, 5) is 39.5. The second kappa shape index (κ2) is 7.01. The van der Waals surface area contributed by atoms with E-state index in [1.165, 1.54) is 13.0 Å². The zero-order valence-corrected chi connectivity index (χ0v) is 14.6. The quantitative estimate of drug-likeness (QED) is 0.736. The number of rotatable bonds is 4. The predicted molar refractivity (Wildman–Crippen MR) is 99.8 cm³/mol. The van der Waals surface area contributed by atoms with Gasteiger partial charge in [0, 0.05) is 23.0 Å². The first kappa shape index (κ1) is 17.7. The number of hydrogen-bond acceptors (Lipinski definition) is 3. The van der Waals surface area contributed by atoms with Gasteiger partial charge in [0.25, 0.3) is 5.56 Å². The minimum absolute atomic E-state index is 0.172. The van der Waals surface area contributed by atoms with Crippen LogP contribution in [0.15, 0.2) is 53.3 Å². The number of aromatic carboxylic acids is 1. The number of fused-ring (bicyclic) bond motifs is 1. The average molecular weight is 371 g/mol. The standard InChI is InChI=1S/C19H15ClN2O4/c1-11(23)22(15-5-3-2-4-6-15)10-13-8-14(20)7-12-9-16(19(25)26)18(24)21-17(12)13/h2-9H,10H2,1H3,(H,21,24)(H,25,26). The van der Waals surface area contributed by atoms with Crippen LogP contribution in [0.25, 0.3) is 10.9 Å². The van der Waals surface area contributed by atoms with Crippen molar-refractivity contribution >= 4 is 40.1 Å². The normalized spacial score (nSPS) is 10.7. The third-order valence-electron chi connectivity index (χ3n) is 4.01. The third kappa shape index (κ3) is 3.45. The van der Waals surface area contributed by atoms with Gasteiger partial charge in [0.15, 0.2) is 0 Å². The first-order valence-electron chi connectivity index (χ1n) is 7.78. The van der Waals surface area contributed by atoms with Crippen molar-refractivity contribution in [2.45, 2.75) is 13.5 Å². The Hall–Kier alpha value is -3.12. The number of halogens is 1. The molecule has 0 radical (unpaired) electrons. The molecular formula is C19H15ClN2O4. The molecule has 3 rings (SSSR count). The van der Waals surface area contributed by atoms with E-state index in [1.807, 2.05) is 18.2 Å². The van der Waals surface area contributed by atoms with Crippen molar-refractivity contribution in [3.63, 3.8) is 0 Å². The maximum Gasteiger partial charge on any atom is 0.341 e. The predicted octanol–water partition coefficient (Wildman–Crippen LogP) is 3.43. The van der Waals surface area contributed by atoms with Crippen LogP contribution in [0.4, 0.5) is 5.69 Å². The van der Waals surface area contributed by atoms with Gasteiger partial charge in [-0.3, -0.25) is 9.59 Å². The Morgan fingerprint density at radius 2 is 1.85 bits per heavy atom. The molecule has 1 amide bonds. The molecule has 0 aliphatic carbocycles. The van der Waals surface area contributed by atoms with Crippen LogP contribution in [0.3, 0.4) is 0 Å². The molecule has 0 aliphatic rings. The largest absolute Gasteiger partial charge is 0.477 e. The van der Waals surface area contributed by atoms with Crippen LogP contribution in [0, 0.1) is 0 Å². The van der Waals surface area contributed by atoms with E-state index in [2.05, 4.69) is 4.98 Å². The lowest BCUT2D eigenvalue weighted by Gasteiger charge is -2.22. The Morgan fingerprint density at radius 1 is 1.15 bits per heavy atom. The summed E-state index contributed by atoms with van der Waals surface area (Å²) in [6, 6.07) is 13.6. The van der Waals surface area contributed by atoms with Crippen molar-refractivity contribution in [1.29, 1.82) is 0 Å². The molecule has 6 nitrogen and oxygen atoms in total. The molecule has 0 saturated heterocycles. The Morgan fingerprint density at radius 3 is 2.46 bits per heavy atom. The number of para-hydroxylation sites is 1. The van der Waals surface area contributed by atoms with E-state index in [9.17, 15) is 14.4 Å². The first-order valence-corrected chi connectivity index (χ1v) is 8.16. The highest BCUT2D eigenvalue weighted by molar-refractivity contribution is 6.31. The Kier molecular flexibility index (Phi) is 4.77. The molecule has 0 aliphatic heterocycles. The zero-order chi connectivity index (χ0) is 18.8. The highest BCUT2D eigenvalue weighted by atomic mass is 35.5. The summed E-state index contributed by atoms with van der Waals surface area (Å²) in [5.41, 5.74) is 0.699. The van der Waals surface area contributed by atoms with E-state index in [0.717, 1.165) is 0 Å². The summed E-state index contributed by atoms with van der Waals surface area (Å²) in [6.45, 7) is 1.63. The van der Waals surface area contributed by atoms with Crippen LogP contribution in [0.1, 0.15) is 22.8 Å². The summed E-state index contributed by atoms with van der Waals surface area (Å²) >= 11 is 6.16. The number of carboxylic acid groups (broad SMARTS) is 1. The van der Waals surface area contributed by atoms with Crippen molar-refractivity contribution in [3.05, 3.63) is 75.0 Å². The molecule has 132 valence electrons. The van der Waals surface area contributed by atoms with Gasteiger partial charge < -0.3 is 15.0 Å². The summed E-state index contributed by atoms with van der Waals surface area (Å²) in [5.74, 6) is -1.49. The molecule has 2 aromatic carbocycles. The van der Waals surface area contributed by atoms with Gasteiger partial charge in [0.1, 0.15) is 5.56 Å². The lowest BCUT2D eigenvalue weighted by Crippen LogP contribution is -2.28. The number of aromatic nitrogens is 1. The van der Waals surface area contributed by atoms with Crippen LogP contribution in [-0.4, -0.2) is 22.0 Å². The number of carboxylic acids is 1. The van der Waals surface area contributed by atoms with Crippen molar-refractivity contribution in [2.24, 2.45) is 0 Å². The Bertz CT molecular complexity index is 1060.